The van der Waals surface area contributed by atoms with Crippen LogP contribution in [0.2, 0.25) is 0 Å². The molecule has 3 N–H and O–H groups in total. The van der Waals surface area contributed by atoms with E-state index in [4.69, 9.17) is 11.5 Å². The van der Waals surface area contributed by atoms with Gasteiger partial charge in [-0.15, -0.1) is 12.3 Å². The molecule has 6 nitrogen and oxygen atoms in total. The third-order valence-electron chi connectivity index (χ3n) is 3.08. The summed E-state index contributed by atoms with van der Waals surface area (Å²) in [6.07, 6.45) is 7.48. The van der Waals surface area contributed by atoms with Gasteiger partial charge in [0.15, 0.2) is 0 Å². The van der Waals surface area contributed by atoms with Gasteiger partial charge in [0.25, 0.3) is 0 Å². The largest absolute Gasteiger partial charge is 0.480 e. The second-order valence-corrected chi connectivity index (χ2v) is 4.56. The first-order valence-corrected chi connectivity index (χ1v) is 6.53. The van der Waals surface area contributed by atoms with Gasteiger partial charge < -0.3 is 15.7 Å². The standard InChI is InChI=1S/C13H21N3O3/c1-3-5-11(12(17)18)15-13(19)14-8-9-16(4-2)10-6-7-10/h1,10-11H,4-9H2,2H3,(H,17,18)(H2,14,15,19). The van der Waals surface area contributed by atoms with Crippen LogP contribution in [0.4, 0.5) is 4.79 Å². The Bertz CT molecular complexity index is 361. The van der Waals surface area contributed by atoms with E-state index in [1.165, 1.54) is 12.8 Å². The summed E-state index contributed by atoms with van der Waals surface area (Å²) in [7, 11) is 0. The first-order valence-electron chi connectivity index (χ1n) is 6.53. The number of hydrogen-bond acceptors (Lipinski definition) is 3. The number of carboxylic acid groups (broad SMARTS) is 1. The molecule has 1 aliphatic carbocycles. The summed E-state index contributed by atoms with van der Waals surface area (Å²) >= 11 is 0. The first kappa shape index (κ1) is 15.3. The minimum absolute atomic E-state index is 0.0219. The molecule has 106 valence electrons. The topological polar surface area (TPSA) is 81.7 Å². The molecule has 1 aliphatic rings. The number of carbonyl (C=O) groups excluding carboxylic acids is 1. The summed E-state index contributed by atoms with van der Waals surface area (Å²) in [6, 6.07) is -0.867. The summed E-state index contributed by atoms with van der Waals surface area (Å²) in [4.78, 5) is 24.6. The van der Waals surface area contributed by atoms with Crippen molar-refractivity contribution < 1.29 is 14.7 Å². The molecule has 6 heteroatoms. The number of nitrogens with one attached hydrogen (secondary N) is 2. The van der Waals surface area contributed by atoms with Crippen molar-refractivity contribution in [3.8, 4) is 12.3 Å². The fraction of sp³-hybridized carbons (Fsp3) is 0.692. The molecule has 0 radical (unpaired) electrons. The molecule has 0 heterocycles. The van der Waals surface area contributed by atoms with E-state index in [2.05, 4.69) is 28.4 Å². The number of aliphatic carboxylic acids is 1. The Morgan fingerprint density at radius 3 is 2.68 bits per heavy atom. The van der Waals surface area contributed by atoms with Gasteiger partial charge >= 0.3 is 12.0 Å². The summed E-state index contributed by atoms with van der Waals surface area (Å²) in [5, 5.41) is 13.8. The highest BCUT2D eigenvalue weighted by Crippen LogP contribution is 2.25. The lowest BCUT2D eigenvalue weighted by Gasteiger charge is -2.20. The number of hydrogen-bond donors (Lipinski definition) is 3. The normalized spacial score (nSPS) is 15.6. The summed E-state index contributed by atoms with van der Waals surface area (Å²) < 4.78 is 0. The molecule has 0 aromatic carbocycles. The second-order valence-electron chi connectivity index (χ2n) is 4.56. The number of nitrogens with zero attached hydrogens (tertiary/aromatic N) is 1. The van der Waals surface area contributed by atoms with Crippen LogP contribution in [-0.2, 0) is 4.79 Å². The van der Waals surface area contributed by atoms with Gasteiger partial charge in [-0.25, -0.2) is 9.59 Å². The lowest BCUT2D eigenvalue weighted by atomic mass is 10.2. The Hall–Kier alpha value is -1.74. The third kappa shape index (κ3) is 5.62. The quantitative estimate of drug-likeness (QED) is 0.550. The summed E-state index contributed by atoms with van der Waals surface area (Å²) in [5.41, 5.74) is 0. The van der Waals surface area contributed by atoms with E-state index < -0.39 is 18.0 Å². The van der Waals surface area contributed by atoms with Gasteiger partial charge in [-0.1, -0.05) is 6.92 Å². The second kappa shape index (κ2) is 7.64. The van der Waals surface area contributed by atoms with Crippen molar-refractivity contribution in [3.05, 3.63) is 0 Å². The van der Waals surface area contributed by atoms with Crippen LogP contribution in [-0.4, -0.2) is 53.7 Å². The minimum Gasteiger partial charge on any atom is -0.480 e. The Morgan fingerprint density at radius 2 is 2.21 bits per heavy atom. The molecular weight excluding hydrogens is 246 g/mol. The van der Waals surface area contributed by atoms with Gasteiger partial charge in [-0.05, 0) is 19.4 Å². The zero-order valence-corrected chi connectivity index (χ0v) is 11.2. The summed E-state index contributed by atoms with van der Waals surface area (Å²) in [6.45, 7) is 4.33. The lowest BCUT2D eigenvalue weighted by Crippen LogP contribution is -2.47. The van der Waals surface area contributed by atoms with E-state index >= 15 is 0 Å². The van der Waals surface area contributed by atoms with Gasteiger partial charge in [0.1, 0.15) is 6.04 Å². The van der Waals surface area contributed by atoms with Crippen molar-refractivity contribution in [2.75, 3.05) is 19.6 Å². The SMILES string of the molecule is C#CCC(NC(=O)NCCN(CC)C1CC1)C(=O)O. The molecule has 0 saturated heterocycles. The third-order valence-corrected chi connectivity index (χ3v) is 3.08. The maximum absolute atomic E-state index is 11.5. The van der Waals surface area contributed by atoms with Crippen LogP contribution < -0.4 is 10.6 Å². The Labute approximate surface area is 113 Å². The molecule has 1 rings (SSSR count). The monoisotopic (exact) mass is 267 g/mol. The van der Waals surface area contributed by atoms with E-state index in [0.29, 0.717) is 12.6 Å². The number of carbonyl (C=O) groups is 2. The fourth-order valence-electron chi connectivity index (χ4n) is 1.88. The van der Waals surface area contributed by atoms with E-state index in [-0.39, 0.29) is 6.42 Å². The minimum atomic E-state index is -1.12. The predicted octanol–water partition coefficient (Wildman–Crippen LogP) is 0.246. The lowest BCUT2D eigenvalue weighted by molar-refractivity contribution is -0.139. The van der Waals surface area contributed by atoms with Gasteiger partial charge in [0, 0.05) is 25.6 Å². The molecular formula is C13H21N3O3. The fourth-order valence-corrected chi connectivity index (χ4v) is 1.88. The van der Waals surface area contributed by atoms with E-state index in [9.17, 15) is 9.59 Å². The van der Waals surface area contributed by atoms with E-state index in [1.807, 2.05) is 0 Å². The molecule has 0 spiro atoms. The van der Waals surface area contributed by atoms with Crippen LogP contribution in [0.25, 0.3) is 0 Å². The molecule has 1 fully saturated rings. The first-order chi connectivity index (χ1) is 9.08. The van der Waals surface area contributed by atoms with Crippen LogP contribution in [0.5, 0.6) is 0 Å². The Kier molecular flexibility index (Phi) is 6.16. The molecule has 1 saturated carbocycles. The van der Waals surface area contributed by atoms with Crippen LogP contribution in [0.1, 0.15) is 26.2 Å². The number of likely N-dealkylation sites (N-methyl/N-ethyl adjacent to an activating group) is 1. The van der Waals surface area contributed by atoms with Crippen LogP contribution in [0, 0.1) is 12.3 Å². The van der Waals surface area contributed by atoms with Crippen molar-refractivity contribution in [1.29, 1.82) is 0 Å². The molecule has 19 heavy (non-hydrogen) atoms. The van der Waals surface area contributed by atoms with E-state index in [0.717, 1.165) is 13.1 Å². The van der Waals surface area contributed by atoms with Gasteiger partial charge in [-0.3, -0.25) is 4.90 Å². The highest BCUT2D eigenvalue weighted by atomic mass is 16.4. The number of rotatable bonds is 8. The van der Waals surface area contributed by atoms with Crippen molar-refractivity contribution >= 4 is 12.0 Å². The zero-order chi connectivity index (χ0) is 14.3. The van der Waals surface area contributed by atoms with Crippen molar-refractivity contribution in [1.82, 2.24) is 15.5 Å². The van der Waals surface area contributed by atoms with Crippen LogP contribution in [0.3, 0.4) is 0 Å². The van der Waals surface area contributed by atoms with Crippen LogP contribution in [0.15, 0.2) is 0 Å². The van der Waals surface area contributed by atoms with Crippen molar-refractivity contribution in [3.63, 3.8) is 0 Å². The molecule has 0 bridgehead atoms. The number of amides is 2. The zero-order valence-electron chi connectivity index (χ0n) is 11.2. The number of terminal acetylenes is 1. The Morgan fingerprint density at radius 1 is 1.53 bits per heavy atom. The highest BCUT2D eigenvalue weighted by molar-refractivity contribution is 5.82. The molecule has 0 aromatic heterocycles. The molecule has 1 unspecified atom stereocenters. The van der Waals surface area contributed by atoms with Crippen LogP contribution >= 0.6 is 0 Å². The van der Waals surface area contributed by atoms with Gasteiger partial charge in [0.05, 0.1) is 0 Å². The Balaban J connectivity index is 2.22. The summed E-state index contributed by atoms with van der Waals surface area (Å²) in [5.74, 6) is 1.11. The number of carboxylic acids is 1. The van der Waals surface area contributed by atoms with Gasteiger partial charge in [-0.2, -0.15) is 0 Å². The average molecular weight is 267 g/mol. The average Bonchev–Trinajstić information content (AvgIpc) is 3.18. The molecule has 1 atom stereocenters. The molecule has 0 aromatic rings. The maximum Gasteiger partial charge on any atom is 0.327 e. The maximum atomic E-state index is 11.5. The van der Waals surface area contributed by atoms with Gasteiger partial charge in [0.2, 0.25) is 0 Å². The molecule has 0 aliphatic heterocycles. The van der Waals surface area contributed by atoms with Crippen molar-refractivity contribution in [2.24, 2.45) is 0 Å². The predicted molar refractivity (Wildman–Crippen MR) is 71.7 cm³/mol. The van der Waals surface area contributed by atoms with Crippen molar-refractivity contribution in [2.45, 2.75) is 38.3 Å². The van der Waals surface area contributed by atoms with E-state index in [1.54, 1.807) is 0 Å². The highest BCUT2D eigenvalue weighted by Gasteiger charge is 2.27. The number of urea groups is 1. The molecule has 2 amide bonds. The smallest absolute Gasteiger partial charge is 0.327 e.